The van der Waals surface area contributed by atoms with Crippen molar-refractivity contribution in [2.24, 2.45) is 0 Å². The van der Waals surface area contributed by atoms with Crippen molar-refractivity contribution < 1.29 is 9.90 Å². The fraction of sp³-hybridized carbons (Fsp3) is 0.375. The van der Waals surface area contributed by atoms with Crippen LogP contribution < -0.4 is 10.4 Å². The number of carboxylic acids is 1. The second-order valence-electron chi connectivity index (χ2n) is 2.47. The molecule has 0 aliphatic carbocycles. The molecule has 1 rings (SSSR count). The first-order valence-corrected chi connectivity index (χ1v) is 3.55. The van der Waals surface area contributed by atoms with Gasteiger partial charge in [-0.25, -0.2) is 0 Å². The Morgan fingerprint density at radius 2 is 2.36 bits per heavy atom. The highest BCUT2D eigenvalue weighted by molar-refractivity contribution is 5.80. The number of rotatable bonds is 2. The van der Waals surface area contributed by atoms with Crippen LogP contribution in [0.5, 0.6) is 0 Å². The zero-order valence-electron chi connectivity index (χ0n) is 6.33. The van der Waals surface area contributed by atoms with Crippen LogP contribution in [0.4, 0.5) is 0 Å². The Hall–Kier alpha value is -1.25. The molecular weight excluding hydrogens is 142 g/mol. The van der Waals surface area contributed by atoms with E-state index in [1.165, 1.54) is 0 Å². The van der Waals surface area contributed by atoms with Crippen molar-refractivity contribution in [3.8, 4) is 0 Å². The van der Waals surface area contributed by atoms with Gasteiger partial charge in [0.2, 0.25) is 0 Å². The molecule has 0 radical (unpaired) electrons. The van der Waals surface area contributed by atoms with Gasteiger partial charge < -0.3 is 15.2 Å². The third kappa shape index (κ3) is 1.27. The number of hydrogen-bond acceptors (Lipinski definition) is 3. The maximum absolute atomic E-state index is 10.6. The summed E-state index contributed by atoms with van der Waals surface area (Å²) in [4.78, 5) is 10.6. The molecule has 1 aliphatic rings. The van der Waals surface area contributed by atoms with E-state index in [9.17, 15) is 9.90 Å². The normalized spacial score (nSPS) is 28.1. The van der Waals surface area contributed by atoms with Crippen molar-refractivity contribution in [1.82, 2.24) is 5.32 Å². The smallest absolute Gasteiger partial charge is 0.0950 e. The first kappa shape index (κ1) is 7.85. The molecule has 0 saturated carbocycles. The fourth-order valence-corrected chi connectivity index (χ4v) is 1.01. The van der Waals surface area contributed by atoms with Crippen LogP contribution in [-0.2, 0) is 4.79 Å². The Labute approximate surface area is 65.4 Å². The summed E-state index contributed by atoms with van der Waals surface area (Å²) >= 11 is 0. The Kier molecular flexibility index (Phi) is 1.98. The molecule has 3 nitrogen and oxygen atoms in total. The molecule has 60 valence electrons. The van der Waals surface area contributed by atoms with Gasteiger partial charge in [-0.2, -0.15) is 0 Å². The molecule has 3 heteroatoms. The van der Waals surface area contributed by atoms with Gasteiger partial charge in [-0.15, -0.1) is 0 Å². The van der Waals surface area contributed by atoms with Crippen LogP contribution in [0, 0.1) is 0 Å². The first-order valence-electron chi connectivity index (χ1n) is 3.55. The molecule has 1 aliphatic heterocycles. The quantitative estimate of drug-likeness (QED) is 0.583. The van der Waals surface area contributed by atoms with Crippen molar-refractivity contribution >= 4 is 5.97 Å². The Balaban J connectivity index is 2.85. The first-order chi connectivity index (χ1) is 5.21. The number of dihydropyridines is 1. The molecule has 0 aromatic carbocycles. The molecule has 0 spiro atoms. The minimum atomic E-state index is -1.08. The molecule has 11 heavy (non-hydrogen) atoms. The summed E-state index contributed by atoms with van der Waals surface area (Å²) < 4.78 is 0. The number of hydrogen-bond donors (Lipinski definition) is 1. The van der Waals surface area contributed by atoms with Crippen molar-refractivity contribution in [2.45, 2.75) is 18.9 Å². The van der Waals surface area contributed by atoms with Gasteiger partial charge in [-0.1, -0.05) is 19.1 Å². The van der Waals surface area contributed by atoms with Gasteiger partial charge in [0.05, 0.1) is 11.5 Å². The van der Waals surface area contributed by atoms with E-state index in [1.54, 1.807) is 31.4 Å². The number of carbonyl (C=O) groups excluding carboxylic acids is 1. The zero-order valence-corrected chi connectivity index (χ0v) is 6.33. The molecule has 1 atom stereocenters. The van der Waals surface area contributed by atoms with Gasteiger partial charge in [-0.3, -0.25) is 0 Å². The lowest BCUT2D eigenvalue weighted by molar-refractivity contribution is -0.312. The second kappa shape index (κ2) is 2.78. The molecule has 0 saturated heterocycles. The summed E-state index contributed by atoms with van der Waals surface area (Å²) in [5, 5.41) is 13.4. The molecule has 1 N–H and O–H groups in total. The van der Waals surface area contributed by atoms with E-state index in [1.807, 2.05) is 0 Å². The predicted molar refractivity (Wildman–Crippen MR) is 39.4 cm³/mol. The van der Waals surface area contributed by atoms with Crippen LogP contribution in [0.2, 0.25) is 0 Å². The van der Waals surface area contributed by atoms with E-state index in [-0.39, 0.29) is 0 Å². The van der Waals surface area contributed by atoms with E-state index in [0.717, 1.165) is 0 Å². The zero-order chi connectivity index (χ0) is 8.32. The van der Waals surface area contributed by atoms with E-state index in [0.29, 0.717) is 6.42 Å². The lowest BCUT2D eigenvalue weighted by atomic mass is 9.94. The topological polar surface area (TPSA) is 52.2 Å². The summed E-state index contributed by atoms with van der Waals surface area (Å²) in [5.74, 6) is -1.08. The average molecular weight is 152 g/mol. The van der Waals surface area contributed by atoms with E-state index < -0.39 is 11.5 Å². The molecule has 1 heterocycles. The van der Waals surface area contributed by atoms with Crippen LogP contribution in [0.15, 0.2) is 24.4 Å². The van der Waals surface area contributed by atoms with Crippen LogP contribution >= 0.6 is 0 Å². The lowest BCUT2D eigenvalue weighted by Gasteiger charge is -2.32. The predicted octanol–water partition coefficient (Wildman–Crippen LogP) is -0.442. The summed E-state index contributed by atoms with van der Waals surface area (Å²) in [5.41, 5.74) is -0.991. The standard InChI is InChI=1S/C8H11NO2/c1-2-8(7(10)11)5-3-4-6-9-8/h3-6,9H,2H2,1H3,(H,10,11)/p-1. The van der Waals surface area contributed by atoms with Gasteiger partial charge in [0, 0.05) is 0 Å². The van der Waals surface area contributed by atoms with Crippen LogP contribution in [0.1, 0.15) is 13.3 Å². The van der Waals surface area contributed by atoms with E-state index in [4.69, 9.17) is 0 Å². The maximum Gasteiger partial charge on any atom is 0.0950 e. The van der Waals surface area contributed by atoms with Gasteiger partial charge in [0.15, 0.2) is 0 Å². The fourth-order valence-electron chi connectivity index (χ4n) is 1.01. The van der Waals surface area contributed by atoms with Crippen LogP contribution in [0.25, 0.3) is 0 Å². The third-order valence-corrected chi connectivity index (χ3v) is 1.85. The van der Waals surface area contributed by atoms with Crippen molar-refractivity contribution in [3.05, 3.63) is 24.4 Å². The highest BCUT2D eigenvalue weighted by Gasteiger charge is 2.25. The Morgan fingerprint density at radius 1 is 1.64 bits per heavy atom. The second-order valence-corrected chi connectivity index (χ2v) is 2.47. The minimum Gasteiger partial charge on any atom is -0.547 e. The van der Waals surface area contributed by atoms with Crippen LogP contribution in [0.3, 0.4) is 0 Å². The monoisotopic (exact) mass is 152 g/mol. The minimum absolute atomic E-state index is 0.482. The Morgan fingerprint density at radius 3 is 2.64 bits per heavy atom. The molecule has 0 aromatic rings. The summed E-state index contributed by atoms with van der Waals surface area (Å²) in [7, 11) is 0. The average Bonchev–Trinajstić information content (AvgIpc) is 2.05. The Bertz CT molecular complexity index is 220. The highest BCUT2D eigenvalue weighted by Crippen LogP contribution is 2.13. The SMILES string of the molecule is CCC1(C(=O)[O-])C=CC=CN1. The number of carbonyl (C=O) groups is 1. The van der Waals surface area contributed by atoms with Gasteiger partial charge in [0.25, 0.3) is 0 Å². The highest BCUT2D eigenvalue weighted by atomic mass is 16.4. The van der Waals surface area contributed by atoms with E-state index in [2.05, 4.69) is 5.32 Å². The molecule has 1 unspecified atom stereocenters. The van der Waals surface area contributed by atoms with Crippen molar-refractivity contribution in [1.29, 1.82) is 0 Å². The molecule has 0 fully saturated rings. The number of aliphatic carboxylic acids is 1. The van der Waals surface area contributed by atoms with Gasteiger partial charge >= 0.3 is 0 Å². The third-order valence-electron chi connectivity index (χ3n) is 1.85. The number of allylic oxidation sites excluding steroid dienone is 2. The lowest BCUT2D eigenvalue weighted by Crippen LogP contribution is -2.55. The molecular formula is C8H10NO2-. The van der Waals surface area contributed by atoms with Crippen molar-refractivity contribution in [3.63, 3.8) is 0 Å². The van der Waals surface area contributed by atoms with Crippen molar-refractivity contribution in [2.75, 3.05) is 0 Å². The molecule has 0 aromatic heterocycles. The van der Waals surface area contributed by atoms with Gasteiger partial charge in [0.1, 0.15) is 0 Å². The maximum atomic E-state index is 10.6. The molecule has 0 bridgehead atoms. The summed E-state index contributed by atoms with van der Waals surface area (Å²) in [6, 6.07) is 0. The molecule has 0 amide bonds. The van der Waals surface area contributed by atoms with Gasteiger partial charge in [-0.05, 0) is 18.7 Å². The summed E-state index contributed by atoms with van der Waals surface area (Å²) in [6.07, 6.45) is 7.14. The largest absolute Gasteiger partial charge is 0.547 e. The number of carboxylic acid groups (broad SMARTS) is 1. The van der Waals surface area contributed by atoms with E-state index >= 15 is 0 Å². The van der Waals surface area contributed by atoms with Crippen LogP contribution in [-0.4, -0.2) is 11.5 Å². The summed E-state index contributed by atoms with van der Waals surface area (Å²) in [6.45, 7) is 1.80. The number of nitrogens with one attached hydrogen (secondary N) is 1.